The number of nitrogens with one attached hydrogen (secondary N) is 1. The summed E-state index contributed by atoms with van der Waals surface area (Å²) in [6.07, 6.45) is 5.02. The third kappa shape index (κ3) is 4.97. The molecule has 0 saturated heterocycles. The smallest absolute Gasteiger partial charge is 0.261 e. The van der Waals surface area contributed by atoms with Crippen molar-refractivity contribution in [3.63, 3.8) is 0 Å². The highest BCUT2D eigenvalue weighted by Gasteiger charge is 2.11. The molecule has 0 fully saturated rings. The highest BCUT2D eigenvalue weighted by molar-refractivity contribution is 5.81. The number of carbonyl (C=O) groups excluding carboxylic acids is 1. The highest BCUT2D eigenvalue weighted by atomic mass is 16.5. The van der Waals surface area contributed by atoms with Gasteiger partial charge in [-0.05, 0) is 31.0 Å². The molecule has 0 aliphatic rings. The van der Waals surface area contributed by atoms with Crippen LogP contribution in [0.1, 0.15) is 19.3 Å². The molecule has 0 atom stereocenters. The molecule has 0 unspecified atom stereocenters. The topological polar surface area (TPSA) is 100 Å². The van der Waals surface area contributed by atoms with Crippen LogP contribution in [0, 0.1) is 0 Å². The van der Waals surface area contributed by atoms with Gasteiger partial charge in [-0.2, -0.15) is 0 Å². The SMILES string of the molecule is COc1cc2ncn(CCCC(=O)NCCCn3cnc4ccccc43)c(=O)c2cc1OC. The van der Waals surface area contributed by atoms with Crippen LogP contribution in [0.3, 0.4) is 0 Å². The summed E-state index contributed by atoms with van der Waals surface area (Å²) < 4.78 is 14.2. The predicted molar refractivity (Wildman–Crippen MR) is 126 cm³/mol. The van der Waals surface area contributed by atoms with Gasteiger partial charge in [0.05, 0.1) is 48.8 Å². The predicted octanol–water partition coefficient (Wildman–Crippen LogP) is 2.75. The van der Waals surface area contributed by atoms with Gasteiger partial charge in [-0.1, -0.05) is 12.1 Å². The van der Waals surface area contributed by atoms with Gasteiger partial charge in [-0.25, -0.2) is 9.97 Å². The van der Waals surface area contributed by atoms with Crippen molar-refractivity contribution in [2.75, 3.05) is 20.8 Å². The lowest BCUT2D eigenvalue weighted by Gasteiger charge is -2.11. The van der Waals surface area contributed by atoms with E-state index in [0.717, 1.165) is 24.0 Å². The Hall–Kier alpha value is -3.88. The Morgan fingerprint density at radius 2 is 1.64 bits per heavy atom. The van der Waals surface area contributed by atoms with Crippen LogP contribution < -0.4 is 20.3 Å². The molecule has 1 amide bonds. The quantitative estimate of drug-likeness (QED) is 0.374. The molecular weight excluding hydrogens is 422 g/mol. The maximum Gasteiger partial charge on any atom is 0.261 e. The van der Waals surface area contributed by atoms with Gasteiger partial charge in [0, 0.05) is 32.1 Å². The second-order valence-corrected chi connectivity index (χ2v) is 7.70. The molecule has 4 rings (SSSR count). The van der Waals surface area contributed by atoms with E-state index in [9.17, 15) is 9.59 Å². The van der Waals surface area contributed by atoms with Crippen molar-refractivity contribution >= 4 is 27.8 Å². The zero-order valence-corrected chi connectivity index (χ0v) is 18.8. The number of amides is 1. The van der Waals surface area contributed by atoms with Crippen molar-refractivity contribution in [2.45, 2.75) is 32.4 Å². The molecule has 33 heavy (non-hydrogen) atoms. The summed E-state index contributed by atoms with van der Waals surface area (Å²) >= 11 is 0. The first-order chi connectivity index (χ1) is 16.1. The molecule has 2 heterocycles. The van der Waals surface area contributed by atoms with Crippen molar-refractivity contribution < 1.29 is 14.3 Å². The fraction of sp³-hybridized carbons (Fsp3) is 0.333. The normalized spacial score (nSPS) is 11.1. The molecule has 0 aliphatic heterocycles. The molecule has 172 valence electrons. The zero-order chi connectivity index (χ0) is 23.2. The lowest BCUT2D eigenvalue weighted by atomic mass is 10.2. The van der Waals surface area contributed by atoms with Gasteiger partial charge < -0.3 is 19.4 Å². The maximum atomic E-state index is 12.8. The number of aryl methyl sites for hydroxylation is 2. The van der Waals surface area contributed by atoms with Gasteiger partial charge in [0.15, 0.2) is 11.5 Å². The Morgan fingerprint density at radius 3 is 2.45 bits per heavy atom. The van der Waals surface area contributed by atoms with Crippen LogP contribution in [-0.4, -0.2) is 45.8 Å². The number of ether oxygens (including phenoxy) is 2. The van der Waals surface area contributed by atoms with Crippen LogP contribution in [-0.2, 0) is 17.9 Å². The molecule has 0 bridgehead atoms. The largest absolute Gasteiger partial charge is 0.493 e. The van der Waals surface area contributed by atoms with Crippen molar-refractivity contribution in [3.8, 4) is 11.5 Å². The Kier molecular flexibility index (Phi) is 6.87. The van der Waals surface area contributed by atoms with Gasteiger partial charge >= 0.3 is 0 Å². The summed E-state index contributed by atoms with van der Waals surface area (Å²) in [5.41, 5.74) is 2.43. The summed E-state index contributed by atoms with van der Waals surface area (Å²) in [7, 11) is 3.06. The van der Waals surface area contributed by atoms with Crippen molar-refractivity contribution in [2.24, 2.45) is 0 Å². The van der Waals surface area contributed by atoms with E-state index < -0.39 is 0 Å². The molecule has 4 aromatic rings. The van der Waals surface area contributed by atoms with Gasteiger partial charge in [-0.3, -0.25) is 14.2 Å². The first-order valence-corrected chi connectivity index (χ1v) is 10.9. The second-order valence-electron chi connectivity index (χ2n) is 7.70. The summed E-state index contributed by atoms with van der Waals surface area (Å²) in [6.45, 7) is 1.78. The van der Waals surface area contributed by atoms with E-state index in [1.54, 1.807) is 12.1 Å². The van der Waals surface area contributed by atoms with Crippen LogP contribution in [0.2, 0.25) is 0 Å². The summed E-state index contributed by atoms with van der Waals surface area (Å²) in [4.78, 5) is 33.7. The van der Waals surface area contributed by atoms with Crippen LogP contribution in [0.15, 0.2) is 53.8 Å². The molecule has 0 spiro atoms. The number of benzene rings is 2. The molecule has 2 aromatic heterocycles. The number of hydrogen-bond acceptors (Lipinski definition) is 6. The van der Waals surface area contributed by atoms with E-state index in [-0.39, 0.29) is 11.5 Å². The molecule has 9 heteroatoms. The van der Waals surface area contributed by atoms with E-state index in [2.05, 4.69) is 19.9 Å². The lowest BCUT2D eigenvalue weighted by Crippen LogP contribution is -2.26. The van der Waals surface area contributed by atoms with Crippen LogP contribution in [0.4, 0.5) is 0 Å². The van der Waals surface area contributed by atoms with Gasteiger partial charge in [-0.15, -0.1) is 0 Å². The third-order valence-corrected chi connectivity index (χ3v) is 5.56. The first-order valence-electron chi connectivity index (χ1n) is 10.9. The summed E-state index contributed by atoms with van der Waals surface area (Å²) in [5, 5.41) is 3.40. The van der Waals surface area contributed by atoms with Crippen LogP contribution >= 0.6 is 0 Å². The summed E-state index contributed by atoms with van der Waals surface area (Å²) in [5.74, 6) is 0.968. The number of hydrogen-bond donors (Lipinski definition) is 1. The molecule has 0 radical (unpaired) electrons. The van der Waals surface area contributed by atoms with Crippen molar-refractivity contribution in [1.82, 2.24) is 24.4 Å². The van der Waals surface area contributed by atoms with Gasteiger partial charge in [0.25, 0.3) is 5.56 Å². The Morgan fingerprint density at radius 1 is 0.939 bits per heavy atom. The van der Waals surface area contributed by atoms with E-state index >= 15 is 0 Å². The Balaban J connectivity index is 1.26. The molecule has 2 aromatic carbocycles. The minimum Gasteiger partial charge on any atom is -0.493 e. The number of aromatic nitrogens is 4. The highest BCUT2D eigenvalue weighted by Crippen LogP contribution is 2.29. The van der Waals surface area contributed by atoms with Crippen LogP contribution in [0.25, 0.3) is 21.9 Å². The van der Waals surface area contributed by atoms with Crippen molar-refractivity contribution in [1.29, 1.82) is 0 Å². The standard InChI is InChI=1S/C24H27N5O4/c1-32-21-13-17-19(14-22(21)33-2)27-16-29(24(17)31)11-5-9-23(30)25-10-6-12-28-15-26-18-7-3-4-8-20(18)28/h3-4,7-8,13-16H,5-6,9-12H2,1-2H3,(H,25,30). The second kappa shape index (κ2) is 10.2. The van der Waals surface area contributed by atoms with E-state index in [1.807, 2.05) is 30.6 Å². The van der Waals surface area contributed by atoms with Gasteiger partial charge in [0.1, 0.15) is 0 Å². The van der Waals surface area contributed by atoms with E-state index in [4.69, 9.17) is 9.47 Å². The average Bonchev–Trinajstić information content (AvgIpc) is 3.25. The molecule has 1 N–H and O–H groups in total. The summed E-state index contributed by atoms with van der Waals surface area (Å²) in [6, 6.07) is 11.3. The molecule has 0 aliphatic carbocycles. The lowest BCUT2D eigenvalue weighted by molar-refractivity contribution is -0.121. The number of fused-ring (bicyclic) bond motifs is 2. The van der Waals surface area contributed by atoms with E-state index in [0.29, 0.717) is 48.3 Å². The third-order valence-electron chi connectivity index (χ3n) is 5.56. The molecule has 9 nitrogen and oxygen atoms in total. The van der Waals surface area contributed by atoms with E-state index in [1.165, 1.54) is 25.1 Å². The molecular formula is C24H27N5O4. The Labute approximate surface area is 191 Å². The monoisotopic (exact) mass is 449 g/mol. The Bertz CT molecular complexity index is 1330. The fourth-order valence-corrected chi connectivity index (χ4v) is 3.81. The van der Waals surface area contributed by atoms with Crippen molar-refractivity contribution in [3.05, 3.63) is 59.4 Å². The number of rotatable bonds is 10. The maximum absolute atomic E-state index is 12.8. The van der Waals surface area contributed by atoms with Gasteiger partial charge in [0.2, 0.25) is 5.91 Å². The zero-order valence-electron chi connectivity index (χ0n) is 18.8. The number of methoxy groups -OCH3 is 2. The first kappa shape index (κ1) is 22.3. The number of carbonyl (C=O) groups is 1. The van der Waals surface area contributed by atoms with Crippen LogP contribution in [0.5, 0.6) is 11.5 Å². The number of para-hydroxylation sites is 2. The minimum atomic E-state index is -0.172. The number of nitrogens with zero attached hydrogens (tertiary/aromatic N) is 4. The fourth-order valence-electron chi connectivity index (χ4n) is 3.81. The minimum absolute atomic E-state index is 0.0290. The molecule has 0 saturated carbocycles. The average molecular weight is 450 g/mol. The number of imidazole rings is 1.